The number of benzene rings is 2. The normalized spacial score (nSPS) is 11.2. The molecule has 0 atom stereocenters. The second-order valence-corrected chi connectivity index (χ2v) is 6.23. The molecule has 2 aromatic carbocycles. The first kappa shape index (κ1) is 18.6. The van der Waals surface area contributed by atoms with Crippen LogP contribution < -0.4 is 0 Å². The van der Waals surface area contributed by atoms with Gasteiger partial charge in [0, 0.05) is 16.0 Å². The average molecular weight is 386 g/mol. The Morgan fingerprint density at radius 2 is 1.96 bits per heavy atom. The van der Waals surface area contributed by atoms with E-state index in [1.165, 1.54) is 17.7 Å². The molecule has 1 heterocycles. The summed E-state index contributed by atoms with van der Waals surface area (Å²) >= 11 is 6.03. The number of aryl methyl sites for hydroxylation is 1. The molecule has 0 saturated carbocycles. The summed E-state index contributed by atoms with van der Waals surface area (Å²) in [5, 5.41) is 19.1. The molecule has 0 aliphatic heterocycles. The summed E-state index contributed by atoms with van der Waals surface area (Å²) in [7, 11) is 1.26. The van der Waals surface area contributed by atoms with Crippen LogP contribution >= 0.6 is 11.6 Å². The fourth-order valence-corrected chi connectivity index (χ4v) is 2.78. The number of aromatic nitrogens is 1. The van der Waals surface area contributed by atoms with E-state index >= 15 is 0 Å². The van der Waals surface area contributed by atoms with Gasteiger partial charge in [-0.15, -0.1) is 10.2 Å². The number of hydrogen-bond donors (Lipinski definition) is 1. The zero-order valence-electron chi connectivity index (χ0n) is 14.6. The summed E-state index contributed by atoms with van der Waals surface area (Å²) in [5.74, 6) is -1.40. The monoisotopic (exact) mass is 385 g/mol. The Morgan fingerprint density at radius 3 is 2.67 bits per heavy atom. The zero-order chi connectivity index (χ0) is 19.6. The summed E-state index contributed by atoms with van der Waals surface area (Å²) in [5.41, 5.74) is 1.79. The van der Waals surface area contributed by atoms with E-state index in [1.54, 1.807) is 36.4 Å². The van der Waals surface area contributed by atoms with Crippen LogP contribution in [0.25, 0.3) is 10.9 Å². The average Bonchev–Trinajstić information content (AvgIpc) is 2.93. The first-order valence-corrected chi connectivity index (χ1v) is 8.39. The third-order valence-corrected chi connectivity index (χ3v) is 4.50. The largest absolute Gasteiger partial charge is 0.493 e. The van der Waals surface area contributed by atoms with Crippen molar-refractivity contribution in [1.29, 1.82) is 0 Å². The molecule has 8 heteroatoms. The number of aromatic hydroxyl groups is 1. The van der Waals surface area contributed by atoms with Crippen molar-refractivity contribution in [3.63, 3.8) is 0 Å². The summed E-state index contributed by atoms with van der Waals surface area (Å²) in [6.45, 7) is 1.63. The number of ether oxygens (including phenoxy) is 1. The molecule has 1 N–H and O–H groups in total. The first-order chi connectivity index (χ1) is 12.9. The maximum atomic E-state index is 12.3. The van der Waals surface area contributed by atoms with E-state index in [0.29, 0.717) is 15.9 Å². The van der Waals surface area contributed by atoms with E-state index in [4.69, 9.17) is 11.6 Å². The van der Waals surface area contributed by atoms with Crippen LogP contribution in [-0.4, -0.2) is 28.7 Å². The number of amides is 1. The third-order valence-electron chi connectivity index (χ3n) is 4.09. The van der Waals surface area contributed by atoms with Crippen molar-refractivity contribution in [2.45, 2.75) is 13.5 Å². The predicted octanol–water partition coefficient (Wildman–Crippen LogP) is 4.41. The number of methoxy groups -OCH3 is 1. The van der Waals surface area contributed by atoms with Gasteiger partial charge in [-0.1, -0.05) is 35.9 Å². The Balaban J connectivity index is 2.00. The van der Waals surface area contributed by atoms with Crippen LogP contribution in [0, 0.1) is 6.92 Å². The molecule has 1 amide bonds. The summed E-state index contributed by atoms with van der Waals surface area (Å²) < 4.78 is 6.00. The number of para-hydroxylation sites is 1. The molecule has 7 nitrogen and oxygen atoms in total. The minimum absolute atomic E-state index is 0.0982. The molecule has 0 spiro atoms. The van der Waals surface area contributed by atoms with Gasteiger partial charge < -0.3 is 9.84 Å². The van der Waals surface area contributed by atoms with Crippen molar-refractivity contribution < 1.29 is 19.4 Å². The highest BCUT2D eigenvalue weighted by Crippen LogP contribution is 2.38. The van der Waals surface area contributed by atoms with Gasteiger partial charge in [0.2, 0.25) is 5.88 Å². The van der Waals surface area contributed by atoms with Gasteiger partial charge in [-0.25, -0.2) is 0 Å². The van der Waals surface area contributed by atoms with Gasteiger partial charge in [-0.3, -0.25) is 14.2 Å². The van der Waals surface area contributed by atoms with E-state index in [9.17, 15) is 14.7 Å². The van der Waals surface area contributed by atoms with Gasteiger partial charge in [0.25, 0.3) is 5.91 Å². The Morgan fingerprint density at radius 1 is 1.22 bits per heavy atom. The van der Waals surface area contributed by atoms with Crippen LogP contribution in [0.2, 0.25) is 5.02 Å². The first-order valence-electron chi connectivity index (χ1n) is 8.01. The Bertz CT molecular complexity index is 1070. The third kappa shape index (κ3) is 3.68. The molecule has 0 saturated heterocycles. The molecule has 0 radical (unpaired) electrons. The molecular formula is C19H16ClN3O4. The molecule has 0 bridgehead atoms. The van der Waals surface area contributed by atoms with E-state index < -0.39 is 11.9 Å². The van der Waals surface area contributed by atoms with E-state index in [1.807, 2.05) is 6.92 Å². The smallest absolute Gasteiger partial charge is 0.325 e. The molecular weight excluding hydrogens is 370 g/mol. The lowest BCUT2D eigenvalue weighted by Crippen LogP contribution is -2.10. The van der Waals surface area contributed by atoms with Crippen LogP contribution in [-0.2, 0) is 16.1 Å². The highest BCUT2D eigenvalue weighted by molar-refractivity contribution is 6.31. The summed E-state index contributed by atoms with van der Waals surface area (Å²) in [4.78, 5) is 23.9. The van der Waals surface area contributed by atoms with Gasteiger partial charge in [-0.2, -0.15) is 0 Å². The number of fused-ring (bicyclic) bond motifs is 1. The highest BCUT2D eigenvalue weighted by Gasteiger charge is 2.19. The highest BCUT2D eigenvalue weighted by atomic mass is 35.5. The Labute approximate surface area is 159 Å². The molecule has 138 valence electrons. The molecule has 1 aromatic heterocycles. The van der Waals surface area contributed by atoms with Crippen molar-refractivity contribution in [3.8, 4) is 5.88 Å². The number of azo groups is 1. The van der Waals surface area contributed by atoms with Crippen LogP contribution in [0.1, 0.15) is 15.9 Å². The Kier molecular flexibility index (Phi) is 5.23. The fraction of sp³-hybridized carbons (Fsp3) is 0.158. The summed E-state index contributed by atoms with van der Waals surface area (Å²) in [6, 6.07) is 11.8. The van der Waals surface area contributed by atoms with Gasteiger partial charge >= 0.3 is 5.97 Å². The number of hydrogen-bond acceptors (Lipinski definition) is 5. The summed E-state index contributed by atoms with van der Waals surface area (Å²) in [6.07, 6.45) is 0. The van der Waals surface area contributed by atoms with E-state index in [0.717, 1.165) is 5.56 Å². The molecule has 0 aliphatic rings. The van der Waals surface area contributed by atoms with Crippen molar-refractivity contribution in [1.82, 2.24) is 4.57 Å². The van der Waals surface area contributed by atoms with Crippen molar-refractivity contribution in [2.24, 2.45) is 10.2 Å². The maximum Gasteiger partial charge on any atom is 0.325 e. The minimum Gasteiger partial charge on any atom is -0.493 e. The maximum absolute atomic E-state index is 12.3. The SMILES string of the molecule is COC(=O)Cn1c(O)c(N=NC(=O)c2ccc(C)c(Cl)c2)c2ccccc21. The van der Waals surface area contributed by atoms with Gasteiger partial charge in [-0.05, 0) is 30.7 Å². The van der Waals surface area contributed by atoms with Gasteiger partial charge in [0.05, 0.1) is 12.6 Å². The topological polar surface area (TPSA) is 93.2 Å². The number of rotatable bonds is 4. The fourth-order valence-electron chi connectivity index (χ4n) is 2.60. The molecule has 0 fully saturated rings. The van der Waals surface area contributed by atoms with Gasteiger partial charge in [0.1, 0.15) is 6.54 Å². The van der Waals surface area contributed by atoms with E-state index in [2.05, 4.69) is 15.0 Å². The predicted molar refractivity (Wildman–Crippen MR) is 101 cm³/mol. The molecule has 0 aliphatic carbocycles. The number of carbonyl (C=O) groups excluding carboxylic acids is 2. The zero-order valence-corrected chi connectivity index (χ0v) is 15.4. The second-order valence-electron chi connectivity index (χ2n) is 5.82. The number of carbonyl (C=O) groups is 2. The standard InChI is InChI=1S/C19H16ClN3O4/c1-11-7-8-12(9-14(11)20)18(25)22-21-17-13-5-3-4-6-15(13)23(19(17)26)10-16(24)27-2/h3-9,26H,10H2,1-2H3. The second kappa shape index (κ2) is 7.59. The number of esters is 1. The molecule has 3 aromatic rings. The molecule has 3 rings (SSSR count). The van der Waals surface area contributed by atoms with Crippen molar-refractivity contribution >= 4 is 40.1 Å². The lowest BCUT2D eigenvalue weighted by Gasteiger charge is -2.04. The van der Waals surface area contributed by atoms with Gasteiger partial charge in [0.15, 0.2) is 5.69 Å². The van der Waals surface area contributed by atoms with E-state index in [-0.39, 0.29) is 23.7 Å². The Hall–Kier alpha value is -3.19. The molecule has 0 unspecified atom stereocenters. The van der Waals surface area contributed by atoms with Crippen LogP contribution in [0.15, 0.2) is 52.7 Å². The van der Waals surface area contributed by atoms with Crippen LogP contribution in [0.5, 0.6) is 5.88 Å². The lowest BCUT2D eigenvalue weighted by atomic mass is 10.1. The van der Waals surface area contributed by atoms with Crippen LogP contribution in [0.3, 0.4) is 0 Å². The van der Waals surface area contributed by atoms with Crippen LogP contribution in [0.4, 0.5) is 5.69 Å². The number of halogens is 1. The minimum atomic E-state index is -0.596. The van der Waals surface area contributed by atoms with Crippen molar-refractivity contribution in [3.05, 3.63) is 58.6 Å². The number of nitrogens with zero attached hydrogens (tertiary/aromatic N) is 3. The molecule has 27 heavy (non-hydrogen) atoms. The quantitative estimate of drug-likeness (QED) is 0.531. The van der Waals surface area contributed by atoms with Crippen molar-refractivity contribution in [2.75, 3.05) is 7.11 Å². The lowest BCUT2D eigenvalue weighted by molar-refractivity contribution is -0.141.